The SMILES string of the molecule is CC/C=C(/N[C-]=O)C(=O)Nc1cc(Cl)c(Oc2ccc(=O)n(C(C)C)c2)c(Cl)c1.[CH3-].[U+2]. The van der Waals surface area contributed by atoms with Gasteiger partial charge in [0, 0.05) is 17.8 Å². The van der Waals surface area contributed by atoms with E-state index in [-0.39, 0.29) is 71.6 Å². The molecule has 0 fully saturated rings. The van der Waals surface area contributed by atoms with Crippen LogP contribution in [0.25, 0.3) is 0 Å². The summed E-state index contributed by atoms with van der Waals surface area (Å²) in [7, 11) is 0. The molecule has 0 radical (unpaired) electrons. The predicted octanol–water partition coefficient (Wildman–Crippen LogP) is 4.87. The number of nitrogens with one attached hydrogen (secondary N) is 2. The molecular weight excluding hydrogens is 667 g/mol. The first-order valence-corrected chi connectivity index (χ1v) is 9.56. The Morgan fingerprint density at radius 1 is 1.26 bits per heavy atom. The monoisotopic (exact) mass is 689 g/mol. The fourth-order valence-corrected chi connectivity index (χ4v) is 3.02. The zero-order valence-electron chi connectivity index (χ0n) is 17.6. The molecule has 1 heterocycles. The molecule has 0 atom stereocenters. The minimum Gasteiger partial charge on any atom is -0.486 e. The molecule has 0 saturated heterocycles. The normalized spacial score (nSPS) is 10.6. The van der Waals surface area contributed by atoms with Crippen molar-refractivity contribution in [1.29, 1.82) is 0 Å². The number of carbonyl (C=O) groups is 1. The number of halogens is 2. The predicted molar refractivity (Wildman–Crippen MR) is 120 cm³/mol. The molecule has 2 amide bonds. The maximum Gasteiger partial charge on any atom is 2.00 e. The van der Waals surface area contributed by atoms with E-state index in [1.54, 1.807) is 12.3 Å². The fraction of sp³-hybridized carbons (Fsp3) is 0.238. The van der Waals surface area contributed by atoms with Gasteiger partial charge in [-0.3, -0.25) is 9.59 Å². The van der Waals surface area contributed by atoms with Gasteiger partial charge in [-0.25, -0.2) is 0 Å². The first kappa shape index (κ1) is 29.3. The zero-order chi connectivity index (χ0) is 21.6. The van der Waals surface area contributed by atoms with Crippen molar-refractivity contribution in [2.45, 2.75) is 33.2 Å². The van der Waals surface area contributed by atoms with Crippen molar-refractivity contribution in [3.63, 3.8) is 0 Å². The van der Waals surface area contributed by atoms with Crippen molar-refractivity contribution < 1.29 is 45.4 Å². The van der Waals surface area contributed by atoms with Crippen LogP contribution in [0.5, 0.6) is 11.5 Å². The van der Waals surface area contributed by atoms with E-state index in [4.69, 9.17) is 27.9 Å². The number of hydrogen-bond donors (Lipinski definition) is 2. The fourth-order valence-electron chi connectivity index (χ4n) is 2.45. The summed E-state index contributed by atoms with van der Waals surface area (Å²) in [5, 5.41) is 5.13. The number of hydrogen-bond acceptors (Lipinski definition) is 4. The molecule has 7 nitrogen and oxygen atoms in total. The smallest absolute Gasteiger partial charge is 0.486 e. The minimum absolute atomic E-state index is 0. The quantitative estimate of drug-likeness (QED) is 0.235. The molecule has 0 saturated carbocycles. The van der Waals surface area contributed by atoms with Gasteiger partial charge in [0.15, 0.2) is 11.7 Å². The van der Waals surface area contributed by atoms with E-state index < -0.39 is 5.91 Å². The second kappa shape index (κ2) is 13.6. The zero-order valence-corrected chi connectivity index (χ0v) is 23.3. The molecule has 2 rings (SSSR count). The van der Waals surface area contributed by atoms with Crippen molar-refractivity contribution in [2.24, 2.45) is 0 Å². The van der Waals surface area contributed by atoms with Crippen LogP contribution in [0.4, 0.5) is 5.69 Å². The largest absolute Gasteiger partial charge is 2.00 e. The molecule has 1 aromatic carbocycles. The number of pyridine rings is 1. The van der Waals surface area contributed by atoms with Crippen LogP contribution in [-0.2, 0) is 9.59 Å². The summed E-state index contributed by atoms with van der Waals surface area (Å²) in [4.78, 5) is 34.7. The van der Waals surface area contributed by atoms with Crippen LogP contribution >= 0.6 is 23.2 Å². The Bertz CT molecular complexity index is 983. The number of nitrogens with zero attached hydrogens (tertiary/aromatic N) is 1. The van der Waals surface area contributed by atoms with E-state index in [1.165, 1.54) is 35.2 Å². The molecule has 0 unspecified atom stereocenters. The number of benzene rings is 1. The molecule has 0 aliphatic rings. The summed E-state index contributed by atoms with van der Waals surface area (Å²) in [5.41, 5.74) is 0.227. The van der Waals surface area contributed by atoms with Crippen LogP contribution in [0.2, 0.25) is 10.0 Å². The van der Waals surface area contributed by atoms with Gasteiger partial charge in [-0.15, -0.1) is 6.08 Å². The van der Waals surface area contributed by atoms with Gasteiger partial charge in [0.25, 0.3) is 5.56 Å². The Morgan fingerprint density at radius 2 is 1.87 bits per heavy atom. The number of carbonyl (C=O) groups excluding carboxylic acids is 2. The van der Waals surface area contributed by atoms with Crippen molar-refractivity contribution in [3.05, 3.63) is 70.1 Å². The average Bonchev–Trinajstić information content (AvgIpc) is 2.65. The summed E-state index contributed by atoms with van der Waals surface area (Å²) in [6.07, 6.45) is 5.13. The molecule has 0 aliphatic carbocycles. The Balaban J connectivity index is 0.00000450. The molecule has 164 valence electrons. The van der Waals surface area contributed by atoms with E-state index in [0.717, 1.165) is 0 Å². The number of rotatable bonds is 8. The summed E-state index contributed by atoms with van der Waals surface area (Å²) in [6, 6.07) is 5.80. The molecule has 2 aromatic rings. The molecule has 0 spiro atoms. The third-order valence-electron chi connectivity index (χ3n) is 3.78. The molecule has 2 N–H and O–H groups in total. The van der Waals surface area contributed by atoms with E-state index in [1.807, 2.05) is 20.8 Å². The van der Waals surface area contributed by atoms with Crippen LogP contribution in [0, 0.1) is 38.5 Å². The maximum absolute atomic E-state index is 12.3. The second-order valence-corrected chi connectivity index (χ2v) is 7.10. The van der Waals surface area contributed by atoms with Crippen molar-refractivity contribution >= 4 is 41.2 Å². The molecule has 10 heteroatoms. The Kier molecular flexibility index (Phi) is 12.9. The van der Waals surface area contributed by atoms with Gasteiger partial charge in [0.1, 0.15) is 5.75 Å². The Morgan fingerprint density at radius 3 is 2.39 bits per heavy atom. The van der Waals surface area contributed by atoms with Gasteiger partial charge < -0.3 is 32.2 Å². The molecule has 31 heavy (non-hydrogen) atoms. The van der Waals surface area contributed by atoms with E-state index >= 15 is 0 Å². The number of ether oxygens (including phenoxy) is 1. The number of anilines is 1. The standard InChI is InChI=1S/C20H20Cl2N3O4.CH3.U/c1-4-5-17(23-11-26)20(28)24-13-8-15(21)19(16(22)9-13)29-14-6-7-18(27)25(10-14)12(2)3;;/h5-10,12H,4H2,1-3H3,(H,23,26)(H,24,28);1H3;/q2*-1;+2/b17-5+;;. The van der Waals surface area contributed by atoms with Gasteiger partial charge in [0.05, 0.1) is 22.7 Å². The van der Waals surface area contributed by atoms with Crippen LogP contribution in [0.1, 0.15) is 33.2 Å². The third-order valence-corrected chi connectivity index (χ3v) is 4.34. The Hall–Kier alpha value is -1.72. The van der Waals surface area contributed by atoms with E-state index in [0.29, 0.717) is 17.9 Å². The van der Waals surface area contributed by atoms with Gasteiger partial charge >= 0.3 is 31.1 Å². The summed E-state index contributed by atoms with van der Waals surface area (Å²) in [6.45, 7) is 5.57. The van der Waals surface area contributed by atoms with Gasteiger partial charge in [0.2, 0.25) is 0 Å². The first-order chi connectivity index (χ1) is 13.8. The molecule has 1 aromatic heterocycles. The van der Waals surface area contributed by atoms with Crippen molar-refractivity contribution in [2.75, 3.05) is 5.32 Å². The number of allylic oxidation sites excluding steroid dienone is 1. The number of aromatic nitrogens is 1. The van der Waals surface area contributed by atoms with Crippen LogP contribution in [0.3, 0.4) is 0 Å². The second-order valence-electron chi connectivity index (χ2n) is 6.28. The van der Waals surface area contributed by atoms with E-state index in [2.05, 4.69) is 10.6 Å². The molecule has 0 aliphatic heterocycles. The van der Waals surface area contributed by atoms with E-state index in [9.17, 15) is 14.4 Å². The minimum atomic E-state index is -0.542. The third kappa shape index (κ3) is 8.04. The van der Waals surface area contributed by atoms with Crippen LogP contribution < -0.4 is 20.9 Å². The van der Waals surface area contributed by atoms with Crippen LogP contribution in [-0.4, -0.2) is 16.9 Å². The molecule has 0 bridgehead atoms. The first-order valence-electron chi connectivity index (χ1n) is 8.80. The topological polar surface area (TPSA) is 89.4 Å². The average molecular weight is 690 g/mol. The van der Waals surface area contributed by atoms with Gasteiger partial charge in [-0.2, -0.15) is 0 Å². The Labute approximate surface area is 215 Å². The van der Waals surface area contributed by atoms with Crippen LogP contribution in [0.15, 0.2) is 47.0 Å². The van der Waals surface area contributed by atoms with Crippen molar-refractivity contribution in [1.82, 2.24) is 9.88 Å². The van der Waals surface area contributed by atoms with Crippen molar-refractivity contribution in [3.8, 4) is 11.5 Å². The van der Waals surface area contributed by atoms with Gasteiger partial charge in [-0.05, 0) is 37.7 Å². The summed E-state index contributed by atoms with van der Waals surface area (Å²) >= 11 is 12.6. The number of amides is 2. The van der Waals surface area contributed by atoms with Gasteiger partial charge in [-0.1, -0.05) is 36.5 Å². The summed E-state index contributed by atoms with van der Waals surface area (Å²) < 4.78 is 7.28. The summed E-state index contributed by atoms with van der Waals surface area (Å²) in [5.74, 6) is 0.0294. The maximum atomic E-state index is 12.3. The molecular formula is C21H23Cl2N3O4U.